The highest BCUT2D eigenvalue weighted by Gasteiger charge is 2.30. The van der Waals surface area contributed by atoms with E-state index in [1.807, 2.05) is 89.5 Å². The molecule has 3 aromatic heterocycles. The van der Waals surface area contributed by atoms with Gasteiger partial charge in [0.15, 0.2) is 57.7 Å². The zero-order chi connectivity index (χ0) is 46.4. The summed E-state index contributed by atoms with van der Waals surface area (Å²) in [6, 6.07) is 35.3. The molecule has 0 spiro atoms. The Kier molecular flexibility index (Phi) is 9.28. The number of fused-ring (bicyclic) bond motifs is 5. The molecule has 0 aliphatic heterocycles. The molecule has 11 aromatic rings. The zero-order valence-corrected chi connectivity index (χ0v) is 33.7. The van der Waals surface area contributed by atoms with Crippen molar-refractivity contribution in [2.24, 2.45) is 0 Å². The lowest BCUT2D eigenvalue weighted by Crippen LogP contribution is -2.02. The fourth-order valence-electron chi connectivity index (χ4n) is 8.39. The van der Waals surface area contributed by atoms with Gasteiger partial charge in [-0.05, 0) is 113 Å². The van der Waals surface area contributed by atoms with E-state index in [2.05, 4.69) is 19.7 Å². The van der Waals surface area contributed by atoms with Gasteiger partial charge in [0.2, 0.25) is 11.8 Å². The molecule has 15 heteroatoms. The molecule has 7 nitrogen and oxygen atoms in total. The Morgan fingerprint density at radius 3 is 1.19 bits per heavy atom. The molecule has 0 amide bonds. The van der Waals surface area contributed by atoms with E-state index in [1.165, 1.54) is 0 Å². The lowest BCUT2D eigenvalue weighted by molar-refractivity contribution is 0.465. The first-order valence-corrected chi connectivity index (χ1v) is 20.0. The van der Waals surface area contributed by atoms with Crippen LogP contribution in [0.25, 0.3) is 116 Å². The molecule has 322 valence electrons. The quantitative estimate of drug-likeness (QED) is 0.0947. The first-order valence-electron chi connectivity index (χ1n) is 20.0. The minimum absolute atomic E-state index is 0.0741. The fraction of sp³-hybridized carbons (Fsp3) is 0. The van der Waals surface area contributed by atoms with Crippen molar-refractivity contribution in [3.8, 4) is 62.0 Å². The number of halogens is 8. The molecular formula is C52H21F8N5O2. The van der Waals surface area contributed by atoms with Crippen LogP contribution in [0, 0.1) is 59.7 Å². The number of rotatable bonds is 6. The fourth-order valence-corrected chi connectivity index (χ4v) is 8.39. The van der Waals surface area contributed by atoms with Gasteiger partial charge in [0.1, 0.15) is 11.0 Å². The maximum atomic E-state index is 15.6. The molecule has 0 atom stereocenters. The molecule has 0 saturated carbocycles. The largest absolute Gasteiger partial charge is 0.436 e. The third kappa shape index (κ3) is 6.31. The van der Waals surface area contributed by atoms with E-state index in [4.69, 9.17) is 22.0 Å². The first kappa shape index (κ1) is 40.7. The number of aromatic nitrogens is 3. The minimum atomic E-state index is -2.04. The molecule has 3 heterocycles. The Bertz CT molecular complexity index is 3660. The maximum Gasteiger partial charge on any atom is 0.262 e. The lowest BCUT2D eigenvalue weighted by atomic mass is 9.91. The summed E-state index contributed by atoms with van der Waals surface area (Å²) in [6.45, 7) is 14.0. The van der Waals surface area contributed by atoms with E-state index < -0.39 is 80.2 Å². The standard InChI is InChI=1S/C52H21F8N5O2/c1-61-49-45(57)41(53)39(42(54)46(49)58)28-19-27(20-29(21-28)40-43(55)47(59)50(62-2)48(60)44(40)56)24-11-15-30(16-12-24)65-35-17-13-25(51-63-33-7-3-5-9-37(33)66-51)22-31(35)32-23-26(14-18-36(32)65)52-64-34-8-4-6-10-38(34)67-52/h3-23H. The van der Waals surface area contributed by atoms with Gasteiger partial charge in [-0.2, -0.15) is 0 Å². The lowest BCUT2D eigenvalue weighted by Gasteiger charge is -2.16. The Labute approximate surface area is 371 Å². The molecular weight excluding hydrogens is 879 g/mol. The average molecular weight is 900 g/mol. The number of nitrogens with zero attached hydrogens (tertiary/aromatic N) is 5. The molecule has 0 N–H and O–H groups in total. The van der Waals surface area contributed by atoms with Crippen molar-refractivity contribution >= 4 is 55.4 Å². The van der Waals surface area contributed by atoms with Crippen LogP contribution in [0.5, 0.6) is 0 Å². The van der Waals surface area contributed by atoms with Gasteiger partial charge in [-0.15, -0.1) is 0 Å². The van der Waals surface area contributed by atoms with Crippen LogP contribution in [0.1, 0.15) is 0 Å². The van der Waals surface area contributed by atoms with Crippen molar-refractivity contribution < 1.29 is 44.0 Å². The summed E-state index contributed by atoms with van der Waals surface area (Å²) in [6.07, 6.45) is 0. The number of hydrogen-bond donors (Lipinski definition) is 0. The molecule has 0 saturated heterocycles. The van der Waals surface area contributed by atoms with Crippen LogP contribution in [0.2, 0.25) is 0 Å². The van der Waals surface area contributed by atoms with E-state index in [0.29, 0.717) is 56.9 Å². The van der Waals surface area contributed by atoms with Gasteiger partial charge in [-0.3, -0.25) is 0 Å². The summed E-state index contributed by atoms with van der Waals surface area (Å²) in [5, 5.41) is 1.57. The van der Waals surface area contributed by atoms with E-state index in [-0.39, 0.29) is 11.1 Å². The van der Waals surface area contributed by atoms with Crippen LogP contribution in [-0.2, 0) is 0 Å². The van der Waals surface area contributed by atoms with Crippen LogP contribution >= 0.6 is 0 Å². The van der Waals surface area contributed by atoms with Gasteiger partial charge in [0.25, 0.3) is 11.4 Å². The maximum absolute atomic E-state index is 15.6. The van der Waals surface area contributed by atoms with E-state index in [1.54, 1.807) is 24.3 Å². The van der Waals surface area contributed by atoms with Gasteiger partial charge in [0.05, 0.1) is 35.3 Å². The zero-order valence-electron chi connectivity index (χ0n) is 33.7. The third-order valence-electron chi connectivity index (χ3n) is 11.5. The van der Waals surface area contributed by atoms with Crippen LogP contribution in [0.4, 0.5) is 46.5 Å². The number of hydrogen-bond acceptors (Lipinski definition) is 4. The monoisotopic (exact) mass is 899 g/mol. The summed E-state index contributed by atoms with van der Waals surface area (Å²) < 4.78 is 137. The summed E-state index contributed by atoms with van der Waals surface area (Å²) in [7, 11) is 0. The van der Waals surface area contributed by atoms with Gasteiger partial charge < -0.3 is 13.4 Å². The highest BCUT2D eigenvalue weighted by Crippen LogP contribution is 2.44. The number of para-hydroxylation sites is 4. The number of oxazole rings is 2. The first-order chi connectivity index (χ1) is 32.4. The van der Waals surface area contributed by atoms with E-state index in [0.717, 1.165) is 33.9 Å². The Hall–Kier alpha value is -9.08. The second-order valence-electron chi connectivity index (χ2n) is 15.3. The SMILES string of the molecule is [C-]#[N+]c1c(F)c(F)c(-c2cc(-c3ccc(-n4c5ccc(-c6nc7ccccc7o6)cc5c5cc(-c6nc7ccccc7o6)ccc54)cc3)cc(-c3c(F)c(F)c([N+]#[C-])c(F)c3F)c2)c(F)c1F. The normalized spacial score (nSPS) is 11.6. The molecule has 0 unspecified atom stereocenters. The molecule has 67 heavy (non-hydrogen) atoms. The predicted molar refractivity (Wildman–Crippen MR) is 235 cm³/mol. The van der Waals surface area contributed by atoms with E-state index in [9.17, 15) is 17.6 Å². The van der Waals surface area contributed by atoms with Crippen molar-refractivity contribution in [3.63, 3.8) is 0 Å². The summed E-state index contributed by atoms with van der Waals surface area (Å²) in [4.78, 5) is 14.4. The van der Waals surface area contributed by atoms with Gasteiger partial charge in [-0.1, -0.05) is 36.4 Å². The summed E-state index contributed by atoms with van der Waals surface area (Å²) in [5.41, 5.74) is -1.15. The minimum Gasteiger partial charge on any atom is -0.436 e. The van der Waals surface area contributed by atoms with Gasteiger partial charge in [-0.25, -0.2) is 54.8 Å². The Morgan fingerprint density at radius 2 is 0.791 bits per heavy atom. The molecule has 0 fully saturated rings. The predicted octanol–water partition coefficient (Wildman–Crippen LogP) is 15.6. The Balaban J connectivity index is 1.09. The van der Waals surface area contributed by atoms with Crippen LogP contribution in [-0.4, -0.2) is 14.5 Å². The van der Waals surface area contributed by atoms with Crippen molar-refractivity contribution in [3.05, 3.63) is 197 Å². The topological polar surface area (TPSA) is 65.7 Å². The van der Waals surface area contributed by atoms with Crippen LogP contribution < -0.4 is 0 Å². The molecule has 0 aliphatic rings. The van der Waals surface area contributed by atoms with E-state index >= 15 is 17.6 Å². The second-order valence-corrected chi connectivity index (χ2v) is 15.3. The molecule has 8 aromatic carbocycles. The van der Waals surface area contributed by atoms with Crippen molar-refractivity contribution in [1.29, 1.82) is 0 Å². The molecule has 0 radical (unpaired) electrons. The van der Waals surface area contributed by atoms with Crippen LogP contribution in [0.15, 0.2) is 136 Å². The summed E-state index contributed by atoms with van der Waals surface area (Å²) >= 11 is 0. The molecule has 0 bridgehead atoms. The third-order valence-corrected chi connectivity index (χ3v) is 11.5. The van der Waals surface area contributed by atoms with Gasteiger partial charge in [0, 0.05) is 27.6 Å². The average Bonchev–Trinajstić information content (AvgIpc) is 4.07. The van der Waals surface area contributed by atoms with Crippen molar-refractivity contribution in [1.82, 2.24) is 14.5 Å². The Morgan fingerprint density at radius 1 is 0.403 bits per heavy atom. The van der Waals surface area contributed by atoms with Crippen LogP contribution in [0.3, 0.4) is 0 Å². The van der Waals surface area contributed by atoms with Crippen molar-refractivity contribution in [2.45, 2.75) is 0 Å². The smallest absolute Gasteiger partial charge is 0.262 e. The summed E-state index contributed by atoms with van der Waals surface area (Å²) in [5.74, 6) is -15.4. The highest BCUT2D eigenvalue weighted by molar-refractivity contribution is 6.11. The highest BCUT2D eigenvalue weighted by atomic mass is 19.2. The number of benzene rings is 8. The second kappa shape index (κ2) is 15.3. The molecule has 0 aliphatic carbocycles. The molecule has 11 rings (SSSR count). The van der Waals surface area contributed by atoms with Crippen molar-refractivity contribution in [2.75, 3.05) is 0 Å². The van der Waals surface area contributed by atoms with Gasteiger partial charge >= 0.3 is 0 Å².